The minimum absolute atomic E-state index is 0.0288. The van der Waals surface area contributed by atoms with Crippen LogP contribution in [0.2, 0.25) is 5.15 Å². The van der Waals surface area contributed by atoms with Crippen LogP contribution in [0, 0.1) is 39.9 Å². The molecule has 0 N–H and O–H groups in total. The first-order valence-corrected chi connectivity index (χ1v) is 12.9. The molecular formula is C25H30ClN7S. The van der Waals surface area contributed by atoms with E-state index < -0.39 is 0 Å². The van der Waals surface area contributed by atoms with Crippen LogP contribution in [0.4, 0.5) is 5.13 Å². The molecule has 0 bridgehead atoms. The molecule has 1 unspecified atom stereocenters. The summed E-state index contributed by atoms with van der Waals surface area (Å²) in [7, 11) is 0. The van der Waals surface area contributed by atoms with Gasteiger partial charge in [0.1, 0.15) is 29.4 Å². The van der Waals surface area contributed by atoms with Crippen molar-refractivity contribution in [1.29, 1.82) is 15.8 Å². The van der Waals surface area contributed by atoms with Gasteiger partial charge in [0.25, 0.3) is 0 Å². The fraction of sp³-hybridized carbons (Fsp3) is 0.520. The Balaban J connectivity index is 2.21. The summed E-state index contributed by atoms with van der Waals surface area (Å²) in [6.45, 7) is 8.76. The Morgan fingerprint density at radius 3 is 2.24 bits per heavy atom. The Bertz CT molecular complexity index is 1070. The Hall–Kier alpha value is -2.99. The van der Waals surface area contributed by atoms with Gasteiger partial charge in [0.15, 0.2) is 5.15 Å². The number of halogens is 1. The lowest BCUT2D eigenvalue weighted by Gasteiger charge is -2.31. The van der Waals surface area contributed by atoms with Gasteiger partial charge in [0, 0.05) is 24.7 Å². The zero-order valence-corrected chi connectivity index (χ0v) is 21.6. The molecule has 0 aliphatic heterocycles. The second-order valence-electron chi connectivity index (χ2n) is 8.16. The number of aromatic nitrogens is 1. The van der Waals surface area contributed by atoms with Gasteiger partial charge in [-0.15, -0.1) is 5.11 Å². The first-order chi connectivity index (χ1) is 16.5. The zero-order valence-electron chi connectivity index (χ0n) is 20.0. The van der Waals surface area contributed by atoms with E-state index in [1.165, 1.54) is 44.2 Å². The van der Waals surface area contributed by atoms with Crippen molar-refractivity contribution >= 4 is 33.6 Å². The van der Waals surface area contributed by atoms with Crippen LogP contribution in [-0.4, -0.2) is 23.0 Å². The van der Waals surface area contributed by atoms with E-state index >= 15 is 0 Å². The Labute approximate surface area is 211 Å². The van der Waals surface area contributed by atoms with Crippen LogP contribution >= 0.6 is 22.9 Å². The van der Waals surface area contributed by atoms with Crippen LogP contribution in [0.3, 0.4) is 0 Å². The van der Waals surface area contributed by atoms with Gasteiger partial charge < -0.3 is 4.90 Å². The van der Waals surface area contributed by atoms with Crippen LogP contribution < -0.4 is 0 Å². The summed E-state index contributed by atoms with van der Waals surface area (Å²) in [5, 5.41) is 36.4. The number of hydrogen-bond acceptors (Lipinski definition) is 8. The minimum atomic E-state index is -0.305. The molecule has 9 heteroatoms. The van der Waals surface area contributed by atoms with Crippen molar-refractivity contribution in [2.24, 2.45) is 16.1 Å². The lowest BCUT2D eigenvalue weighted by Crippen LogP contribution is -2.27. The van der Waals surface area contributed by atoms with E-state index in [4.69, 9.17) is 22.1 Å². The average Bonchev–Trinajstić information content (AvgIpc) is 3.20. The summed E-state index contributed by atoms with van der Waals surface area (Å²) < 4.78 is 0. The largest absolute Gasteiger partial charge is 0.375 e. The molecule has 1 aromatic heterocycles. The van der Waals surface area contributed by atoms with Gasteiger partial charge in [-0.1, -0.05) is 69.4 Å². The molecule has 34 heavy (non-hydrogen) atoms. The van der Waals surface area contributed by atoms with E-state index in [0.717, 1.165) is 36.5 Å². The first kappa shape index (κ1) is 27.3. The van der Waals surface area contributed by atoms with Gasteiger partial charge >= 0.3 is 0 Å². The maximum Gasteiger partial charge on any atom is 0.231 e. The summed E-state index contributed by atoms with van der Waals surface area (Å²) in [6, 6.07) is 5.29. The Morgan fingerprint density at radius 1 is 1.06 bits per heavy atom. The third-order valence-electron chi connectivity index (χ3n) is 5.57. The summed E-state index contributed by atoms with van der Waals surface area (Å²) in [5.74, 6) is 0.205. The number of hydrogen-bond donors (Lipinski definition) is 0. The normalized spacial score (nSPS) is 15.1. The molecule has 1 heterocycles. The topological polar surface area (TPSA) is 112 Å². The summed E-state index contributed by atoms with van der Waals surface area (Å²) in [6.07, 6.45) is 12.4. The molecule has 0 radical (unpaired) electrons. The quantitative estimate of drug-likeness (QED) is 0.167. The molecule has 0 saturated carbocycles. The molecule has 1 aliphatic carbocycles. The third-order valence-corrected chi connectivity index (χ3v) is 6.92. The van der Waals surface area contributed by atoms with Crippen molar-refractivity contribution in [3.63, 3.8) is 0 Å². The van der Waals surface area contributed by atoms with Crippen LogP contribution in [-0.2, 0) is 0 Å². The van der Waals surface area contributed by atoms with Crippen molar-refractivity contribution in [1.82, 2.24) is 9.88 Å². The highest BCUT2D eigenvalue weighted by Crippen LogP contribution is 2.36. The van der Waals surface area contributed by atoms with Gasteiger partial charge in [0.2, 0.25) is 5.13 Å². The van der Waals surface area contributed by atoms with E-state index in [0.29, 0.717) is 0 Å². The Kier molecular flexibility index (Phi) is 11.5. The SMILES string of the molecule is CCCCCN(CCCCC)C1=CC=C(N=Nc2nc(Cl)c(C(C#N)=C(C#N)C#N)s2)C(C)C1. The highest BCUT2D eigenvalue weighted by atomic mass is 35.5. The third kappa shape index (κ3) is 7.52. The number of nitriles is 3. The highest BCUT2D eigenvalue weighted by molar-refractivity contribution is 7.17. The van der Waals surface area contributed by atoms with E-state index in [9.17, 15) is 5.26 Å². The molecule has 0 saturated heterocycles. The molecule has 1 aromatic rings. The fourth-order valence-corrected chi connectivity index (χ4v) is 4.77. The number of rotatable bonds is 12. The summed E-state index contributed by atoms with van der Waals surface area (Å²) >= 11 is 7.18. The van der Waals surface area contributed by atoms with E-state index in [2.05, 4.69) is 47.0 Å². The summed E-state index contributed by atoms with van der Waals surface area (Å²) in [4.78, 5) is 6.91. The van der Waals surface area contributed by atoms with Crippen LogP contribution in [0.25, 0.3) is 5.57 Å². The molecule has 0 aromatic carbocycles. The van der Waals surface area contributed by atoms with E-state index in [1.54, 1.807) is 12.1 Å². The molecule has 1 aliphatic rings. The number of unbranched alkanes of at least 4 members (excludes halogenated alkanes) is 4. The molecule has 0 fully saturated rings. The number of thiazole rings is 1. The predicted octanol–water partition coefficient (Wildman–Crippen LogP) is 7.69. The number of azo groups is 1. The van der Waals surface area contributed by atoms with Gasteiger partial charge in [0.05, 0.1) is 10.6 Å². The molecule has 0 spiro atoms. The molecular weight excluding hydrogens is 466 g/mol. The van der Waals surface area contributed by atoms with E-state index in [1.807, 2.05) is 12.1 Å². The molecule has 0 amide bonds. The Morgan fingerprint density at radius 2 is 1.71 bits per heavy atom. The molecule has 178 valence electrons. The second kappa shape index (κ2) is 14.3. The lowest BCUT2D eigenvalue weighted by atomic mass is 9.95. The first-order valence-electron chi connectivity index (χ1n) is 11.7. The summed E-state index contributed by atoms with van der Waals surface area (Å²) in [5.41, 5.74) is 1.80. The minimum Gasteiger partial charge on any atom is -0.375 e. The van der Waals surface area contributed by atoms with Crippen LogP contribution in [0.5, 0.6) is 0 Å². The van der Waals surface area contributed by atoms with Crippen molar-refractivity contribution in [3.05, 3.63) is 39.1 Å². The van der Waals surface area contributed by atoms with E-state index in [-0.39, 0.29) is 32.2 Å². The number of allylic oxidation sites excluding steroid dienone is 6. The monoisotopic (exact) mass is 495 g/mol. The van der Waals surface area contributed by atoms with Gasteiger partial charge in [-0.3, -0.25) is 0 Å². The zero-order chi connectivity index (χ0) is 24.9. The standard InChI is InChI=1S/C25H30ClN7S/c1-4-6-8-12-33(13-9-7-5-2)20-10-11-22(18(3)14-20)31-32-25-30-24(26)23(34-25)21(17-29)19(15-27)16-28/h10-11,18H,4-9,12-14H2,1-3H3. The second-order valence-corrected chi connectivity index (χ2v) is 9.49. The molecule has 2 rings (SSSR count). The fourth-order valence-electron chi connectivity index (χ4n) is 3.65. The van der Waals surface area contributed by atoms with Crippen LogP contribution in [0.1, 0.15) is 70.6 Å². The van der Waals surface area contributed by atoms with Gasteiger partial charge in [-0.05, 0) is 31.4 Å². The molecule has 7 nitrogen and oxygen atoms in total. The number of nitrogens with zero attached hydrogens (tertiary/aromatic N) is 7. The van der Waals surface area contributed by atoms with Crippen LogP contribution in [0.15, 0.2) is 39.3 Å². The van der Waals surface area contributed by atoms with Crippen molar-refractivity contribution in [2.45, 2.75) is 65.7 Å². The smallest absolute Gasteiger partial charge is 0.231 e. The predicted molar refractivity (Wildman–Crippen MR) is 136 cm³/mol. The average molecular weight is 496 g/mol. The molecule has 1 atom stereocenters. The maximum absolute atomic E-state index is 9.36. The van der Waals surface area contributed by atoms with Crippen molar-refractivity contribution in [2.75, 3.05) is 13.1 Å². The highest BCUT2D eigenvalue weighted by Gasteiger charge is 2.21. The van der Waals surface area contributed by atoms with Gasteiger partial charge in [-0.25, -0.2) is 4.98 Å². The maximum atomic E-state index is 9.36. The van der Waals surface area contributed by atoms with Gasteiger partial charge in [-0.2, -0.15) is 20.9 Å². The lowest BCUT2D eigenvalue weighted by molar-refractivity contribution is 0.305. The van der Waals surface area contributed by atoms with Crippen molar-refractivity contribution in [3.8, 4) is 18.2 Å². The van der Waals surface area contributed by atoms with Crippen molar-refractivity contribution < 1.29 is 0 Å².